The molecular formula is C16H24N2O2. The number of piperazine rings is 1. The Morgan fingerprint density at radius 1 is 1.40 bits per heavy atom. The van der Waals surface area contributed by atoms with E-state index in [4.69, 9.17) is 5.11 Å². The lowest BCUT2D eigenvalue weighted by atomic mass is 10.0. The predicted molar refractivity (Wildman–Crippen MR) is 80.0 cm³/mol. The average molecular weight is 276 g/mol. The van der Waals surface area contributed by atoms with Crippen molar-refractivity contribution in [2.24, 2.45) is 0 Å². The summed E-state index contributed by atoms with van der Waals surface area (Å²) in [7, 11) is 0. The van der Waals surface area contributed by atoms with Crippen LogP contribution in [0.25, 0.3) is 0 Å². The summed E-state index contributed by atoms with van der Waals surface area (Å²) in [6.45, 7) is 6.30. The maximum atomic E-state index is 10.9. The Labute approximate surface area is 120 Å². The molecule has 1 aromatic carbocycles. The molecule has 0 unspecified atom stereocenters. The standard InChI is InChI=1S/C16H24N2O2/c1-2-3-4-15-11-17-9-10-18(15)12-13-5-7-14(8-6-13)16(19)20/h5-8,15,17H,2-4,9-12H2,1H3,(H,19,20)/t15-/m1/s1. The van der Waals surface area contributed by atoms with Gasteiger partial charge in [-0.2, -0.15) is 0 Å². The van der Waals surface area contributed by atoms with E-state index >= 15 is 0 Å². The molecule has 1 aliphatic heterocycles. The number of carbonyl (C=O) groups is 1. The number of hydrogen-bond donors (Lipinski definition) is 2. The number of rotatable bonds is 6. The Hall–Kier alpha value is -1.39. The minimum Gasteiger partial charge on any atom is -0.478 e. The first-order chi connectivity index (χ1) is 9.70. The van der Waals surface area contributed by atoms with Gasteiger partial charge in [-0.25, -0.2) is 4.79 Å². The van der Waals surface area contributed by atoms with Crippen LogP contribution in [0.15, 0.2) is 24.3 Å². The van der Waals surface area contributed by atoms with Crippen LogP contribution in [0.3, 0.4) is 0 Å². The van der Waals surface area contributed by atoms with E-state index in [0.717, 1.165) is 26.2 Å². The lowest BCUT2D eigenvalue weighted by molar-refractivity contribution is 0.0697. The predicted octanol–water partition coefficient (Wildman–Crippen LogP) is 2.35. The van der Waals surface area contributed by atoms with E-state index in [1.165, 1.54) is 24.8 Å². The highest BCUT2D eigenvalue weighted by atomic mass is 16.4. The van der Waals surface area contributed by atoms with Gasteiger partial charge in [0.25, 0.3) is 0 Å². The van der Waals surface area contributed by atoms with Crippen molar-refractivity contribution in [1.29, 1.82) is 0 Å². The number of unbranched alkanes of at least 4 members (excludes halogenated alkanes) is 1. The zero-order valence-corrected chi connectivity index (χ0v) is 12.1. The minimum atomic E-state index is -0.862. The summed E-state index contributed by atoms with van der Waals surface area (Å²) >= 11 is 0. The molecular weight excluding hydrogens is 252 g/mol. The molecule has 2 N–H and O–H groups in total. The van der Waals surface area contributed by atoms with Gasteiger partial charge in [0.2, 0.25) is 0 Å². The molecule has 4 heteroatoms. The molecule has 0 aliphatic carbocycles. The number of carboxylic acids is 1. The van der Waals surface area contributed by atoms with Crippen molar-refractivity contribution in [3.8, 4) is 0 Å². The van der Waals surface area contributed by atoms with Crippen LogP contribution in [0.4, 0.5) is 0 Å². The zero-order valence-electron chi connectivity index (χ0n) is 12.1. The number of benzene rings is 1. The molecule has 1 atom stereocenters. The minimum absolute atomic E-state index is 0.358. The summed E-state index contributed by atoms with van der Waals surface area (Å²) in [5.74, 6) is -0.862. The fourth-order valence-corrected chi connectivity index (χ4v) is 2.72. The van der Waals surface area contributed by atoms with Crippen molar-refractivity contribution in [2.75, 3.05) is 19.6 Å². The highest BCUT2D eigenvalue weighted by Gasteiger charge is 2.21. The molecule has 0 radical (unpaired) electrons. The van der Waals surface area contributed by atoms with Gasteiger partial charge in [0, 0.05) is 32.2 Å². The first-order valence-corrected chi connectivity index (χ1v) is 7.47. The molecule has 0 spiro atoms. The van der Waals surface area contributed by atoms with Crippen molar-refractivity contribution < 1.29 is 9.90 Å². The molecule has 0 aromatic heterocycles. The summed E-state index contributed by atoms with van der Waals surface area (Å²) in [5.41, 5.74) is 1.55. The van der Waals surface area contributed by atoms with Gasteiger partial charge in [-0.1, -0.05) is 31.9 Å². The Kier molecular flexibility index (Phi) is 5.56. The van der Waals surface area contributed by atoms with Crippen LogP contribution in [0.2, 0.25) is 0 Å². The van der Waals surface area contributed by atoms with Gasteiger partial charge in [-0.05, 0) is 24.1 Å². The van der Waals surface area contributed by atoms with E-state index in [2.05, 4.69) is 17.1 Å². The Bertz CT molecular complexity index is 431. The summed E-state index contributed by atoms with van der Waals surface area (Å²) in [4.78, 5) is 13.4. The Morgan fingerprint density at radius 3 is 2.80 bits per heavy atom. The van der Waals surface area contributed by atoms with E-state index < -0.39 is 5.97 Å². The van der Waals surface area contributed by atoms with E-state index in [-0.39, 0.29) is 0 Å². The fraction of sp³-hybridized carbons (Fsp3) is 0.562. The van der Waals surface area contributed by atoms with Gasteiger partial charge < -0.3 is 10.4 Å². The summed E-state index contributed by atoms with van der Waals surface area (Å²) < 4.78 is 0. The molecule has 2 rings (SSSR count). The number of hydrogen-bond acceptors (Lipinski definition) is 3. The molecule has 1 saturated heterocycles. The van der Waals surface area contributed by atoms with E-state index in [1.54, 1.807) is 12.1 Å². The fourth-order valence-electron chi connectivity index (χ4n) is 2.72. The third-order valence-corrected chi connectivity index (χ3v) is 3.95. The smallest absolute Gasteiger partial charge is 0.335 e. The lowest BCUT2D eigenvalue weighted by Gasteiger charge is -2.36. The largest absolute Gasteiger partial charge is 0.478 e. The average Bonchev–Trinajstić information content (AvgIpc) is 2.47. The third kappa shape index (κ3) is 4.05. The van der Waals surface area contributed by atoms with E-state index in [0.29, 0.717) is 11.6 Å². The number of aromatic carboxylic acids is 1. The summed E-state index contributed by atoms with van der Waals surface area (Å²) in [5, 5.41) is 12.4. The zero-order chi connectivity index (χ0) is 14.4. The molecule has 4 nitrogen and oxygen atoms in total. The molecule has 110 valence electrons. The van der Waals surface area contributed by atoms with Crippen molar-refractivity contribution in [1.82, 2.24) is 10.2 Å². The first-order valence-electron chi connectivity index (χ1n) is 7.47. The van der Waals surface area contributed by atoms with Gasteiger partial charge in [-0.3, -0.25) is 4.90 Å². The molecule has 1 heterocycles. The van der Waals surface area contributed by atoms with Crippen molar-refractivity contribution in [3.63, 3.8) is 0 Å². The SMILES string of the molecule is CCCC[C@@H]1CNCCN1Cc1ccc(C(=O)O)cc1. The molecule has 20 heavy (non-hydrogen) atoms. The molecule has 0 saturated carbocycles. The normalized spacial score (nSPS) is 19.9. The second kappa shape index (κ2) is 7.41. The van der Waals surface area contributed by atoms with Crippen LogP contribution in [-0.4, -0.2) is 41.7 Å². The maximum absolute atomic E-state index is 10.9. The summed E-state index contributed by atoms with van der Waals surface area (Å²) in [6, 6.07) is 7.86. The van der Waals surface area contributed by atoms with Crippen LogP contribution in [0.1, 0.15) is 42.1 Å². The number of carboxylic acid groups (broad SMARTS) is 1. The second-order valence-corrected chi connectivity index (χ2v) is 5.47. The molecule has 0 bridgehead atoms. The van der Waals surface area contributed by atoms with Crippen LogP contribution in [-0.2, 0) is 6.54 Å². The lowest BCUT2D eigenvalue weighted by Crippen LogP contribution is -2.50. The molecule has 1 aliphatic rings. The summed E-state index contributed by atoms with van der Waals surface area (Å²) in [6.07, 6.45) is 3.73. The van der Waals surface area contributed by atoms with Crippen molar-refractivity contribution in [3.05, 3.63) is 35.4 Å². The van der Waals surface area contributed by atoms with Crippen LogP contribution >= 0.6 is 0 Å². The van der Waals surface area contributed by atoms with Crippen molar-refractivity contribution in [2.45, 2.75) is 38.8 Å². The van der Waals surface area contributed by atoms with Gasteiger partial charge in [0.1, 0.15) is 0 Å². The van der Waals surface area contributed by atoms with Gasteiger partial charge in [0.05, 0.1) is 5.56 Å². The van der Waals surface area contributed by atoms with Crippen LogP contribution in [0.5, 0.6) is 0 Å². The monoisotopic (exact) mass is 276 g/mol. The highest BCUT2D eigenvalue weighted by Crippen LogP contribution is 2.15. The van der Waals surface area contributed by atoms with Gasteiger partial charge >= 0.3 is 5.97 Å². The number of nitrogens with zero attached hydrogens (tertiary/aromatic N) is 1. The quantitative estimate of drug-likeness (QED) is 0.837. The molecule has 1 fully saturated rings. The second-order valence-electron chi connectivity index (χ2n) is 5.47. The highest BCUT2D eigenvalue weighted by molar-refractivity contribution is 5.87. The van der Waals surface area contributed by atoms with Crippen LogP contribution in [0, 0.1) is 0 Å². The topological polar surface area (TPSA) is 52.6 Å². The van der Waals surface area contributed by atoms with Gasteiger partial charge in [-0.15, -0.1) is 0 Å². The van der Waals surface area contributed by atoms with Crippen molar-refractivity contribution >= 4 is 5.97 Å². The Morgan fingerprint density at radius 2 is 2.15 bits per heavy atom. The van der Waals surface area contributed by atoms with E-state index in [9.17, 15) is 4.79 Å². The van der Waals surface area contributed by atoms with E-state index in [1.807, 2.05) is 12.1 Å². The first kappa shape index (κ1) is 15.0. The number of nitrogens with one attached hydrogen (secondary N) is 1. The van der Waals surface area contributed by atoms with Gasteiger partial charge in [0.15, 0.2) is 0 Å². The molecule has 0 amide bonds. The van der Waals surface area contributed by atoms with Crippen LogP contribution < -0.4 is 5.32 Å². The molecule has 1 aromatic rings. The third-order valence-electron chi connectivity index (χ3n) is 3.95. The maximum Gasteiger partial charge on any atom is 0.335 e. The Balaban J connectivity index is 1.97.